The van der Waals surface area contributed by atoms with Gasteiger partial charge in [0.2, 0.25) is 0 Å². The summed E-state index contributed by atoms with van der Waals surface area (Å²) >= 11 is 3.32. The van der Waals surface area contributed by atoms with E-state index in [4.69, 9.17) is 0 Å². The molecule has 0 bridgehead atoms. The van der Waals surface area contributed by atoms with Gasteiger partial charge in [-0.3, -0.25) is 0 Å². The molecule has 1 N–H and O–H groups in total. The highest BCUT2D eigenvalue weighted by molar-refractivity contribution is 9.10. The van der Waals surface area contributed by atoms with Crippen molar-refractivity contribution in [3.8, 4) is 0 Å². The molecule has 0 saturated carbocycles. The van der Waals surface area contributed by atoms with Gasteiger partial charge in [0.25, 0.3) is 0 Å². The Hall–Kier alpha value is -0.480. The van der Waals surface area contributed by atoms with Crippen molar-refractivity contribution < 1.29 is 0 Å². The van der Waals surface area contributed by atoms with Crippen LogP contribution >= 0.6 is 15.9 Å². The molecule has 0 amide bonds. The normalized spacial score (nSPS) is 22.1. The second kappa shape index (κ2) is 4.15. The molecule has 1 aliphatic rings. The second-order valence-electron chi connectivity index (χ2n) is 3.38. The smallest absolute Gasteiger partial charge is 0.128 e. The summed E-state index contributed by atoms with van der Waals surface area (Å²) in [6.07, 6.45) is 5.87. The van der Waals surface area contributed by atoms with Crippen LogP contribution in [0.4, 0.5) is 0 Å². The first-order valence-electron chi connectivity index (χ1n) is 4.52. The van der Waals surface area contributed by atoms with Gasteiger partial charge in [0.1, 0.15) is 5.82 Å². The van der Waals surface area contributed by atoms with Crippen LogP contribution in [0, 0.1) is 5.92 Å². The van der Waals surface area contributed by atoms with E-state index in [1.165, 1.54) is 6.42 Å². The zero-order chi connectivity index (χ0) is 9.10. The molecule has 1 aliphatic heterocycles. The maximum absolute atomic E-state index is 4.26. The van der Waals surface area contributed by atoms with E-state index in [2.05, 4.69) is 31.2 Å². The average Bonchev–Trinajstić information content (AvgIpc) is 2.62. The lowest BCUT2D eigenvalue weighted by Gasteiger charge is -2.05. The largest absolute Gasteiger partial charge is 0.316 e. The number of hydrogen-bond acceptors (Lipinski definition) is 3. The average molecular weight is 242 g/mol. The molecule has 13 heavy (non-hydrogen) atoms. The van der Waals surface area contributed by atoms with Crippen LogP contribution in [-0.4, -0.2) is 23.1 Å². The predicted octanol–water partition coefficient (Wildman–Crippen LogP) is 1.39. The Balaban J connectivity index is 1.97. The molecule has 3 nitrogen and oxygen atoms in total. The lowest BCUT2D eigenvalue weighted by atomic mass is 10.1. The lowest BCUT2D eigenvalue weighted by Crippen LogP contribution is -2.12. The van der Waals surface area contributed by atoms with Crippen LogP contribution in [0.2, 0.25) is 0 Å². The van der Waals surface area contributed by atoms with Gasteiger partial charge in [0.05, 0.1) is 4.47 Å². The van der Waals surface area contributed by atoms with Gasteiger partial charge in [-0.2, -0.15) is 0 Å². The summed E-state index contributed by atoms with van der Waals surface area (Å²) in [7, 11) is 0. The topological polar surface area (TPSA) is 37.8 Å². The van der Waals surface area contributed by atoms with Crippen LogP contribution in [0.3, 0.4) is 0 Å². The van der Waals surface area contributed by atoms with Gasteiger partial charge in [-0.1, -0.05) is 0 Å². The first-order valence-corrected chi connectivity index (χ1v) is 5.31. The van der Waals surface area contributed by atoms with Gasteiger partial charge in [-0.25, -0.2) is 9.97 Å². The quantitative estimate of drug-likeness (QED) is 0.851. The molecular formula is C9H12BrN3. The lowest BCUT2D eigenvalue weighted by molar-refractivity contribution is 0.561. The summed E-state index contributed by atoms with van der Waals surface area (Å²) in [5.41, 5.74) is 0. The molecule has 1 saturated heterocycles. The molecule has 70 valence electrons. The molecule has 1 fully saturated rings. The van der Waals surface area contributed by atoms with E-state index in [-0.39, 0.29) is 0 Å². The molecule has 2 rings (SSSR count). The molecule has 0 spiro atoms. The molecule has 0 unspecified atom stereocenters. The molecule has 1 aromatic heterocycles. The van der Waals surface area contributed by atoms with Crippen LogP contribution < -0.4 is 5.32 Å². The number of rotatable bonds is 2. The monoisotopic (exact) mass is 241 g/mol. The van der Waals surface area contributed by atoms with Gasteiger partial charge >= 0.3 is 0 Å². The van der Waals surface area contributed by atoms with E-state index >= 15 is 0 Å². The van der Waals surface area contributed by atoms with Crippen molar-refractivity contribution >= 4 is 15.9 Å². The zero-order valence-corrected chi connectivity index (χ0v) is 8.92. The van der Waals surface area contributed by atoms with E-state index in [0.717, 1.165) is 35.7 Å². The third kappa shape index (κ3) is 2.48. The van der Waals surface area contributed by atoms with Gasteiger partial charge in [-0.05, 0) is 41.4 Å². The Labute approximate surface area is 86.1 Å². The summed E-state index contributed by atoms with van der Waals surface area (Å²) in [6.45, 7) is 2.25. The molecule has 1 aromatic rings. The van der Waals surface area contributed by atoms with Gasteiger partial charge in [0, 0.05) is 18.8 Å². The molecule has 0 aliphatic carbocycles. The Kier molecular flexibility index (Phi) is 2.90. The molecule has 2 heterocycles. The van der Waals surface area contributed by atoms with Crippen molar-refractivity contribution in [1.82, 2.24) is 15.3 Å². The van der Waals surface area contributed by atoms with Crippen LogP contribution in [0.25, 0.3) is 0 Å². The van der Waals surface area contributed by atoms with Crippen LogP contribution in [0.1, 0.15) is 12.2 Å². The first kappa shape index (κ1) is 9.09. The number of aromatic nitrogens is 2. The Morgan fingerprint density at radius 2 is 2.23 bits per heavy atom. The summed E-state index contributed by atoms with van der Waals surface area (Å²) in [5.74, 6) is 1.68. The first-order chi connectivity index (χ1) is 6.34. The number of nitrogens with one attached hydrogen (secondary N) is 1. The standard InChI is InChI=1S/C9H12BrN3/c10-8-5-12-9(13-6-8)3-7-1-2-11-4-7/h5-7,11H,1-4H2/t7-/m0/s1. The third-order valence-corrected chi connectivity index (χ3v) is 2.72. The van der Waals surface area contributed by atoms with E-state index in [9.17, 15) is 0 Å². The molecule has 0 aromatic carbocycles. The molecule has 0 radical (unpaired) electrons. The highest BCUT2D eigenvalue weighted by Gasteiger charge is 2.15. The van der Waals surface area contributed by atoms with Gasteiger partial charge in [0.15, 0.2) is 0 Å². The van der Waals surface area contributed by atoms with Crippen LogP contribution in [-0.2, 0) is 6.42 Å². The van der Waals surface area contributed by atoms with Gasteiger partial charge < -0.3 is 5.32 Å². The summed E-state index contributed by atoms with van der Waals surface area (Å²) in [4.78, 5) is 8.51. The van der Waals surface area contributed by atoms with E-state index in [0.29, 0.717) is 0 Å². The van der Waals surface area contributed by atoms with E-state index in [1.54, 1.807) is 0 Å². The fraction of sp³-hybridized carbons (Fsp3) is 0.556. The van der Waals surface area contributed by atoms with Crippen molar-refractivity contribution in [2.75, 3.05) is 13.1 Å². The maximum Gasteiger partial charge on any atom is 0.128 e. The Morgan fingerprint density at radius 1 is 1.46 bits per heavy atom. The minimum atomic E-state index is 0.723. The minimum absolute atomic E-state index is 0.723. The molecule has 4 heteroatoms. The SMILES string of the molecule is Brc1cnc(C[C@@H]2CCNC2)nc1. The fourth-order valence-electron chi connectivity index (χ4n) is 1.59. The highest BCUT2D eigenvalue weighted by atomic mass is 79.9. The molecule has 1 atom stereocenters. The van der Waals surface area contributed by atoms with Crippen molar-refractivity contribution in [1.29, 1.82) is 0 Å². The number of hydrogen-bond donors (Lipinski definition) is 1. The highest BCUT2D eigenvalue weighted by Crippen LogP contribution is 2.13. The van der Waals surface area contributed by atoms with Crippen molar-refractivity contribution in [3.63, 3.8) is 0 Å². The van der Waals surface area contributed by atoms with Crippen molar-refractivity contribution in [2.45, 2.75) is 12.8 Å². The van der Waals surface area contributed by atoms with Gasteiger partial charge in [-0.15, -0.1) is 0 Å². The van der Waals surface area contributed by atoms with Crippen molar-refractivity contribution in [3.05, 3.63) is 22.7 Å². The van der Waals surface area contributed by atoms with E-state index in [1.807, 2.05) is 12.4 Å². The fourth-order valence-corrected chi connectivity index (χ4v) is 1.80. The summed E-state index contributed by atoms with van der Waals surface area (Å²) in [6, 6.07) is 0. The third-order valence-electron chi connectivity index (χ3n) is 2.31. The van der Waals surface area contributed by atoms with Crippen molar-refractivity contribution in [2.24, 2.45) is 5.92 Å². The Bertz CT molecular complexity index is 267. The molecular weight excluding hydrogens is 230 g/mol. The Morgan fingerprint density at radius 3 is 2.85 bits per heavy atom. The van der Waals surface area contributed by atoms with E-state index < -0.39 is 0 Å². The number of nitrogens with zero attached hydrogens (tertiary/aromatic N) is 2. The predicted molar refractivity (Wildman–Crippen MR) is 54.4 cm³/mol. The zero-order valence-electron chi connectivity index (χ0n) is 7.33. The second-order valence-corrected chi connectivity index (χ2v) is 4.30. The van der Waals surface area contributed by atoms with Crippen LogP contribution in [0.15, 0.2) is 16.9 Å². The minimum Gasteiger partial charge on any atom is -0.316 e. The summed E-state index contributed by atoms with van der Waals surface area (Å²) < 4.78 is 0.945. The number of halogens is 1. The van der Waals surface area contributed by atoms with Crippen LogP contribution in [0.5, 0.6) is 0 Å². The summed E-state index contributed by atoms with van der Waals surface area (Å²) in [5, 5.41) is 3.34. The maximum atomic E-state index is 4.26.